The Hall–Kier alpha value is -3.67. The minimum atomic E-state index is -0.947. The molecule has 0 radical (unpaired) electrons. The second-order valence-corrected chi connectivity index (χ2v) is 5.82. The average Bonchev–Trinajstić information content (AvgIpc) is 2.72. The van der Waals surface area contributed by atoms with E-state index in [9.17, 15) is 8.78 Å². The van der Waals surface area contributed by atoms with E-state index in [0.29, 0.717) is 17.1 Å². The lowest BCUT2D eigenvalue weighted by Crippen LogP contribution is -2.03. The molecule has 0 atom stereocenters. The van der Waals surface area contributed by atoms with E-state index in [4.69, 9.17) is 0 Å². The quantitative estimate of drug-likeness (QED) is 0.542. The molecule has 0 saturated heterocycles. The van der Waals surface area contributed by atoms with Crippen LogP contribution in [0.5, 0.6) is 0 Å². The summed E-state index contributed by atoms with van der Waals surface area (Å²) >= 11 is 0. The molecule has 0 unspecified atom stereocenters. The molecule has 0 saturated carbocycles. The zero-order valence-corrected chi connectivity index (χ0v) is 14.1. The lowest BCUT2D eigenvalue weighted by Gasteiger charge is -2.11. The molecule has 0 aliphatic heterocycles. The summed E-state index contributed by atoms with van der Waals surface area (Å²) in [6.45, 7) is 0. The average molecular weight is 360 g/mol. The van der Waals surface area contributed by atoms with Gasteiger partial charge in [-0.05, 0) is 12.1 Å². The molecule has 1 N–H and O–H groups in total. The van der Waals surface area contributed by atoms with Crippen LogP contribution in [0.15, 0.2) is 78.9 Å². The monoisotopic (exact) mass is 360 g/mol. The molecule has 132 valence electrons. The number of hydrogen-bond donors (Lipinski definition) is 1. The van der Waals surface area contributed by atoms with Crippen molar-refractivity contribution in [3.8, 4) is 22.5 Å². The largest absolute Gasteiger partial charge is 0.323 e. The van der Waals surface area contributed by atoms with Crippen molar-refractivity contribution >= 4 is 11.6 Å². The Bertz CT molecular complexity index is 1070. The van der Waals surface area contributed by atoms with Crippen molar-refractivity contribution in [3.05, 3.63) is 90.5 Å². The highest BCUT2D eigenvalue weighted by atomic mass is 19.2. The number of benzene rings is 3. The van der Waals surface area contributed by atoms with E-state index in [1.807, 2.05) is 60.7 Å². The van der Waals surface area contributed by atoms with Gasteiger partial charge in [0.25, 0.3) is 0 Å². The summed E-state index contributed by atoms with van der Waals surface area (Å²) in [4.78, 5) is 4.57. The van der Waals surface area contributed by atoms with Crippen LogP contribution in [-0.2, 0) is 0 Å². The normalized spacial score (nSPS) is 10.6. The first-order valence-corrected chi connectivity index (χ1v) is 8.28. The second-order valence-electron chi connectivity index (χ2n) is 5.82. The van der Waals surface area contributed by atoms with Crippen LogP contribution < -0.4 is 5.32 Å². The number of anilines is 2. The fourth-order valence-electron chi connectivity index (χ4n) is 2.67. The van der Waals surface area contributed by atoms with Crippen LogP contribution in [0.4, 0.5) is 20.4 Å². The van der Waals surface area contributed by atoms with Gasteiger partial charge in [0.1, 0.15) is 11.4 Å². The maximum atomic E-state index is 13.4. The Labute approximate surface area is 154 Å². The summed E-state index contributed by atoms with van der Waals surface area (Å²) in [6, 6.07) is 22.7. The molecule has 0 fully saturated rings. The molecule has 0 aliphatic rings. The van der Waals surface area contributed by atoms with Crippen molar-refractivity contribution in [1.29, 1.82) is 0 Å². The fraction of sp³-hybridized carbons (Fsp3) is 0. The number of halogens is 2. The lowest BCUT2D eigenvalue weighted by atomic mass is 10.0. The molecule has 0 amide bonds. The third-order valence-electron chi connectivity index (χ3n) is 3.96. The number of rotatable bonds is 4. The molecule has 4 rings (SSSR count). The summed E-state index contributed by atoms with van der Waals surface area (Å²) in [6.07, 6.45) is 0. The van der Waals surface area contributed by atoms with Gasteiger partial charge in [0, 0.05) is 22.9 Å². The Morgan fingerprint density at radius 3 is 1.89 bits per heavy atom. The number of nitrogens with one attached hydrogen (secondary N) is 1. The molecular weight excluding hydrogens is 346 g/mol. The van der Waals surface area contributed by atoms with Gasteiger partial charge in [-0.15, -0.1) is 10.2 Å². The molecule has 0 spiro atoms. The minimum Gasteiger partial charge on any atom is -0.323 e. The Morgan fingerprint density at radius 2 is 1.26 bits per heavy atom. The van der Waals surface area contributed by atoms with E-state index in [2.05, 4.69) is 20.5 Å². The molecule has 4 aromatic rings. The van der Waals surface area contributed by atoms with Crippen molar-refractivity contribution in [1.82, 2.24) is 15.2 Å². The minimum absolute atomic E-state index is 0.194. The Kier molecular flexibility index (Phi) is 4.53. The summed E-state index contributed by atoms with van der Waals surface area (Å²) in [5.74, 6) is -1.67. The first-order chi connectivity index (χ1) is 13.2. The SMILES string of the molecule is Fc1ccc(Nc2nnc(-c3ccccc3)c(-c3ccccc3)n2)cc1F. The third-order valence-corrected chi connectivity index (χ3v) is 3.96. The maximum Gasteiger partial charge on any atom is 0.247 e. The topological polar surface area (TPSA) is 50.7 Å². The Balaban J connectivity index is 1.78. The maximum absolute atomic E-state index is 13.4. The summed E-state index contributed by atoms with van der Waals surface area (Å²) < 4.78 is 26.6. The zero-order chi connectivity index (χ0) is 18.6. The van der Waals surface area contributed by atoms with E-state index >= 15 is 0 Å². The molecule has 0 bridgehead atoms. The van der Waals surface area contributed by atoms with Gasteiger partial charge in [-0.1, -0.05) is 60.7 Å². The summed E-state index contributed by atoms with van der Waals surface area (Å²) in [5, 5.41) is 11.3. The first kappa shape index (κ1) is 16.8. The first-order valence-electron chi connectivity index (χ1n) is 8.28. The second kappa shape index (κ2) is 7.29. The molecule has 4 nitrogen and oxygen atoms in total. The fourth-order valence-corrected chi connectivity index (χ4v) is 2.67. The van der Waals surface area contributed by atoms with Gasteiger partial charge in [-0.25, -0.2) is 13.8 Å². The van der Waals surface area contributed by atoms with Crippen molar-refractivity contribution in [3.63, 3.8) is 0 Å². The number of nitrogens with zero attached hydrogens (tertiary/aromatic N) is 3. The van der Waals surface area contributed by atoms with Crippen LogP contribution in [0, 0.1) is 11.6 Å². The number of hydrogen-bond acceptors (Lipinski definition) is 4. The molecule has 27 heavy (non-hydrogen) atoms. The molecule has 3 aromatic carbocycles. The van der Waals surface area contributed by atoms with Crippen molar-refractivity contribution < 1.29 is 8.78 Å². The standard InChI is InChI=1S/C21H14F2N4/c22-17-12-11-16(13-18(17)23)24-21-25-19(14-7-3-1-4-8-14)20(26-27-21)15-9-5-2-6-10-15/h1-13H,(H,24,25,27). The molecule has 1 heterocycles. The molecule has 1 aromatic heterocycles. The highest BCUT2D eigenvalue weighted by Gasteiger charge is 2.14. The smallest absolute Gasteiger partial charge is 0.247 e. The van der Waals surface area contributed by atoms with Crippen LogP contribution in [0.1, 0.15) is 0 Å². The number of aromatic nitrogens is 3. The van der Waals surface area contributed by atoms with E-state index < -0.39 is 11.6 Å². The van der Waals surface area contributed by atoms with Crippen LogP contribution in [-0.4, -0.2) is 15.2 Å². The van der Waals surface area contributed by atoms with Gasteiger partial charge >= 0.3 is 0 Å². The zero-order valence-electron chi connectivity index (χ0n) is 14.1. The summed E-state index contributed by atoms with van der Waals surface area (Å²) in [5.41, 5.74) is 3.37. The molecule has 0 aliphatic carbocycles. The molecule has 6 heteroatoms. The van der Waals surface area contributed by atoms with Crippen LogP contribution in [0.2, 0.25) is 0 Å². The highest BCUT2D eigenvalue weighted by molar-refractivity contribution is 5.78. The predicted molar refractivity (Wildman–Crippen MR) is 100 cm³/mol. The van der Waals surface area contributed by atoms with Gasteiger partial charge in [-0.2, -0.15) is 0 Å². The molecular formula is C21H14F2N4. The van der Waals surface area contributed by atoms with Crippen molar-refractivity contribution in [2.24, 2.45) is 0 Å². The van der Waals surface area contributed by atoms with Crippen LogP contribution in [0.3, 0.4) is 0 Å². The lowest BCUT2D eigenvalue weighted by molar-refractivity contribution is 0.509. The predicted octanol–water partition coefficient (Wildman–Crippen LogP) is 5.23. The van der Waals surface area contributed by atoms with Crippen LogP contribution in [0.25, 0.3) is 22.5 Å². The van der Waals surface area contributed by atoms with E-state index in [-0.39, 0.29) is 5.95 Å². The van der Waals surface area contributed by atoms with E-state index in [0.717, 1.165) is 23.3 Å². The third kappa shape index (κ3) is 3.64. The van der Waals surface area contributed by atoms with Crippen LogP contribution >= 0.6 is 0 Å². The van der Waals surface area contributed by atoms with Crippen molar-refractivity contribution in [2.75, 3.05) is 5.32 Å². The van der Waals surface area contributed by atoms with Gasteiger partial charge in [-0.3, -0.25) is 0 Å². The van der Waals surface area contributed by atoms with Gasteiger partial charge in [0.05, 0.1) is 0 Å². The Morgan fingerprint density at radius 1 is 0.630 bits per heavy atom. The van der Waals surface area contributed by atoms with Crippen molar-refractivity contribution in [2.45, 2.75) is 0 Å². The van der Waals surface area contributed by atoms with Gasteiger partial charge in [0.2, 0.25) is 5.95 Å². The van der Waals surface area contributed by atoms with Gasteiger partial charge < -0.3 is 5.32 Å². The van der Waals surface area contributed by atoms with Gasteiger partial charge in [0.15, 0.2) is 11.6 Å². The summed E-state index contributed by atoms with van der Waals surface area (Å²) in [7, 11) is 0. The van der Waals surface area contributed by atoms with E-state index in [1.165, 1.54) is 6.07 Å². The van der Waals surface area contributed by atoms with E-state index in [1.54, 1.807) is 0 Å². The highest BCUT2D eigenvalue weighted by Crippen LogP contribution is 2.29.